The average molecular weight is 220 g/mol. The van der Waals surface area contributed by atoms with Crippen LogP contribution < -0.4 is 5.32 Å². The normalized spacial score (nSPS) is 28.4. The number of carbonyl (C=O) groups is 1. The van der Waals surface area contributed by atoms with Gasteiger partial charge in [-0.25, -0.2) is 0 Å². The Morgan fingerprint density at radius 1 is 1.56 bits per heavy atom. The second-order valence-corrected chi connectivity index (χ2v) is 4.69. The van der Waals surface area contributed by atoms with Crippen LogP contribution in [0.4, 0.5) is 0 Å². The fourth-order valence-electron chi connectivity index (χ4n) is 2.71. The highest BCUT2D eigenvalue weighted by atomic mass is 16.2. The molecule has 0 aliphatic carbocycles. The van der Waals surface area contributed by atoms with Gasteiger partial charge in [-0.2, -0.15) is 5.10 Å². The van der Waals surface area contributed by atoms with Crippen molar-refractivity contribution in [1.29, 1.82) is 0 Å². The van der Waals surface area contributed by atoms with Gasteiger partial charge in [0.05, 0.1) is 0 Å². The summed E-state index contributed by atoms with van der Waals surface area (Å²) in [7, 11) is 1.83. The van der Waals surface area contributed by atoms with Gasteiger partial charge in [0.25, 0.3) is 5.91 Å². The van der Waals surface area contributed by atoms with E-state index in [-0.39, 0.29) is 5.91 Å². The van der Waals surface area contributed by atoms with Gasteiger partial charge in [-0.05, 0) is 24.9 Å². The van der Waals surface area contributed by atoms with E-state index in [4.69, 9.17) is 0 Å². The van der Waals surface area contributed by atoms with Crippen LogP contribution in [0.15, 0.2) is 12.3 Å². The number of fused-ring (bicyclic) bond motifs is 1. The summed E-state index contributed by atoms with van der Waals surface area (Å²) in [5.74, 6) is 0.712. The Labute approximate surface area is 94.4 Å². The predicted molar refractivity (Wildman–Crippen MR) is 59.0 cm³/mol. The summed E-state index contributed by atoms with van der Waals surface area (Å²) >= 11 is 0. The first-order valence-electron chi connectivity index (χ1n) is 5.76. The second kappa shape index (κ2) is 3.59. The van der Waals surface area contributed by atoms with Crippen LogP contribution in [0.1, 0.15) is 16.9 Å². The molecule has 0 bridgehead atoms. The maximum absolute atomic E-state index is 12.1. The Morgan fingerprint density at radius 2 is 2.44 bits per heavy atom. The van der Waals surface area contributed by atoms with E-state index < -0.39 is 0 Å². The number of likely N-dealkylation sites (tertiary alicyclic amines) is 1. The lowest BCUT2D eigenvalue weighted by Gasteiger charge is -2.15. The summed E-state index contributed by atoms with van der Waals surface area (Å²) in [6.45, 7) is 2.81. The molecule has 0 aromatic carbocycles. The zero-order valence-electron chi connectivity index (χ0n) is 9.39. The number of aromatic nitrogens is 2. The molecule has 1 aromatic heterocycles. The highest BCUT2D eigenvalue weighted by molar-refractivity contribution is 5.92. The molecule has 0 radical (unpaired) electrons. The Bertz CT molecular complexity index is 402. The van der Waals surface area contributed by atoms with Gasteiger partial charge < -0.3 is 10.2 Å². The highest BCUT2D eigenvalue weighted by Gasteiger charge is 2.38. The van der Waals surface area contributed by atoms with Crippen molar-refractivity contribution in [3.63, 3.8) is 0 Å². The number of aryl methyl sites for hydroxylation is 1. The molecule has 0 saturated carbocycles. The molecule has 0 spiro atoms. The minimum absolute atomic E-state index is 0.0665. The van der Waals surface area contributed by atoms with Crippen LogP contribution in [0.2, 0.25) is 0 Å². The number of carbonyl (C=O) groups excluding carboxylic acids is 1. The Hall–Kier alpha value is -1.36. The van der Waals surface area contributed by atoms with Crippen LogP contribution in [-0.2, 0) is 7.05 Å². The summed E-state index contributed by atoms with van der Waals surface area (Å²) in [5, 5.41) is 7.59. The van der Waals surface area contributed by atoms with Gasteiger partial charge >= 0.3 is 0 Å². The van der Waals surface area contributed by atoms with Gasteiger partial charge in [-0.3, -0.25) is 9.48 Å². The third-order valence-electron chi connectivity index (χ3n) is 3.58. The third-order valence-corrected chi connectivity index (χ3v) is 3.58. The maximum Gasteiger partial charge on any atom is 0.274 e. The van der Waals surface area contributed by atoms with Crippen LogP contribution in [0.5, 0.6) is 0 Å². The molecule has 2 aliphatic heterocycles. The Morgan fingerprint density at radius 3 is 3.12 bits per heavy atom. The van der Waals surface area contributed by atoms with Gasteiger partial charge in [0.1, 0.15) is 5.69 Å². The van der Waals surface area contributed by atoms with E-state index in [0.29, 0.717) is 17.7 Å². The first-order valence-corrected chi connectivity index (χ1v) is 5.76. The largest absolute Gasteiger partial charge is 0.335 e. The molecule has 1 amide bonds. The molecule has 0 unspecified atom stereocenters. The monoisotopic (exact) mass is 220 g/mol. The third kappa shape index (κ3) is 1.51. The highest BCUT2D eigenvalue weighted by Crippen LogP contribution is 2.25. The van der Waals surface area contributed by atoms with Gasteiger partial charge in [0, 0.05) is 32.4 Å². The molecular weight excluding hydrogens is 204 g/mol. The number of hydrogen-bond donors (Lipinski definition) is 1. The molecule has 16 heavy (non-hydrogen) atoms. The first kappa shape index (κ1) is 9.84. The number of amides is 1. The van der Waals surface area contributed by atoms with Crippen molar-refractivity contribution in [1.82, 2.24) is 20.0 Å². The van der Waals surface area contributed by atoms with Crippen molar-refractivity contribution in [2.45, 2.75) is 12.5 Å². The van der Waals surface area contributed by atoms with E-state index in [1.807, 2.05) is 18.1 Å². The number of rotatable bonds is 1. The zero-order valence-corrected chi connectivity index (χ0v) is 9.39. The van der Waals surface area contributed by atoms with Crippen LogP contribution >= 0.6 is 0 Å². The number of hydrogen-bond acceptors (Lipinski definition) is 3. The lowest BCUT2D eigenvalue weighted by Crippen LogP contribution is -2.34. The molecule has 2 atom stereocenters. The molecule has 2 saturated heterocycles. The number of nitrogens with one attached hydrogen (secondary N) is 1. The number of nitrogens with zero attached hydrogens (tertiary/aromatic N) is 3. The minimum Gasteiger partial charge on any atom is -0.335 e. The van der Waals surface area contributed by atoms with Crippen molar-refractivity contribution in [2.24, 2.45) is 13.0 Å². The molecule has 5 nitrogen and oxygen atoms in total. The van der Waals surface area contributed by atoms with Gasteiger partial charge in [0.15, 0.2) is 0 Å². The molecule has 5 heteroatoms. The molecule has 2 aliphatic rings. The lowest BCUT2D eigenvalue weighted by molar-refractivity contribution is 0.0776. The molecule has 3 rings (SSSR count). The van der Waals surface area contributed by atoms with Crippen LogP contribution in [0.25, 0.3) is 0 Å². The predicted octanol–water partition coefficient (Wildman–Crippen LogP) is -0.146. The quantitative estimate of drug-likeness (QED) is 0.716. The van der Waals surface area contributed by atoms with Crippen molar-refractivity contribution >= 4 is 5.91 Å². The second-order valence-electron chi connectivity index (χ2n) is 4.69. The smallest absolute Gasteiger partial charge is 0.274 e. The molecule has 2 fully saturated rings. The van der Waals surface area contributed by atoms with Gasteiger partial charge in [-0.15, -0.1) is 0 Å². The molecule has 1 aromatic rings. The van der Waals surface area contributed by atoms with Gasteiger partial charge in [0.2, 0.25) is 0 Å². The molecule has 1 N–H and O–H groups in total. The average Bonchev–Trinajstić information content (AvgIpc) is 2.89. The summed E-state index contributed by atoms with van der Waals surface area (Å²) < 4.78 is 1.67. The van der Waals surface area contributed by atoms with E-state index in [2.05, 4.69) is 10.4 Å². The Kier molecular flexibility index (Phi) is 2.21. The van der Waals surface area contributed by atoms with Gasteiger partial charge in [-0.1, -0.05) is 0 Å². The van der Waals surface area contributed by atoms with E-state index >= 15 is 0 Å². The van der Waals surface area contributed by atoms with Crippen LogP contribution in [0, 0.1) is 5.92 Å². The zero-order chi connectivity index (χ0) is 11.1. The SMILES string of the molecule is Cn1ccc(C(=O)N2C[C@@H]3CCN[C@@H]3C2)n1. The molecule has 3 heterocycles. The van der Waals surface area contributed by atoms with Crippen LogP contribution in [0.3, 0.4) is 0 Å². The molecule has 86 valence electrons. The van der Waals surface area contributed by atoms with Crippen molar-refractivity contribution in [3.05, 3.63) is 18.0 Å². The van der Waals surface area contributed by atoms with Crippen molar-refractivity contribution in [3.8, 4) is 0 Å². The van der Waals surface area contributed by atoms with Crippen LogP contribution in [-0.4, -0.2) is 46.3 Å². The van der Waals surface area contributed by atoms with E-state index in [0.717, 1.165) is 19.6 Å². The maximum atomic E-state index is 12.1. The fourth-order valence-corrected chi connectivity index (χ4v) is 2.71. The summed E-state index contributed by atoms with van der Waals surface area (Å²) in [6, 6.07) is 2.29. The van der Waals surface area contributed by atoms with E-state index in [1.54, 1.807) is 10.7 Å². The van der Waals surface area contributed by atoms with Crippen molar-refractivity contribution in [2.75, 3.05) is 19.6 Å². The summed E-state index contributed by atoms with van der Waals surface area (Å²) in [6.07, 6.45) is 3.00. The Balaban J connectivity index is 1.73. The standard InChI is InChI=1S/C11H16N4O/c1-14-5-3-9(13-14)11(16)15-6-8-2-4-12-10(8)7-15/h3,5,8,10,12H,2,4,6-7H2,1H3/t8-,10+/m0/s1. The van der Waals surface area contributed by atoms with E-state index in [1.165, 1.54) is 6.42 Å². The first-order chi connectivity index (χ1) is 7.74. The summed E-state index contributed by atoms with van der Waals surface area (Å²) in [5.41, 5.74) is 0.558. The summed E-state index contributed by atoms with van der Waals surface area (Å²) in [4.78, 5) is 14.0. The van der Waals surface area contributed by atoms with Crippen molar-refractivity contribution < 1.29 is 4.79 Å². The fraction of sp³-hybridized carbons (Fsp3) is 0.636. The lowest BCUT2D eigenvalue weighted by atomic mass is 10.1. The van der Waals surface area contributed by atoms with E-state index in [9.17, 15) is 4.79 Å². The molecular formula is C11H16N4O. The minimum atomic E-state index is 0.0665. The topological polar surface area (TPSA) is 50.2 Å².